The first-order valence-corrected chi connectivity index (χ1v) is 5.97. The van der Waals surface area contributed by atoms with Gasteiger partial charge < -0.3 is 10.6 Å². The number of halogens is 3. The Balaban J connectivity index is 2.04. The lowest BCUT2D eigenvalue weighted by atomic mass is 9.89. The van der Waals surface area contributed by atoms with Gasteiger partial charge in [-0.3, -0.25) is 0 Å². The third kappa shape index (κ3) is 2.69. The van der Waals surface area contributed by atoms with Crippen molar-refractivity contribution >= 4 is 17.3 Å². The minimum Gasteiger partial charge on any atom is -0.371 e. The molecule has 1 heterocycles. The predicted molar refractivity (Wildman–Crippen MR) is 65.8 cm³/mol. The average molecular weight is 261 g/mol. The molecule has 2 N–H and O–H groups in total. The van der Waals surface area contributed by atoms with Crippen LogP contribution in [0.3, 0.4) is 0 Å². The zero-order valence-corrected chi connectivity index (χ0v) is 10.1. The number of piperidine rings is 1. The Morgan fingerprint density at radius 2 is 1.94 bits per heavy atom. The van der Waals surface area contributed by atoms with Crippen molar-refractivity contribution in [2.75, 3.05) is 18.0 Å². The smallest absolute Gasteiger partial charge is 0.256 e. The molecule has 1 saturated heterocycles. The molecule has 1 aliphatic heterocycles. The van der Waals surface area contributed by atoms with E-state index in [4.69, 9.17) is 17.3 Å². The lowest BCUT2D eigenvalue weighted by Gasteiger charge is -2.39. The van der Waals surface area contributed by atoms with Gasteiger partial charge in [-0.1, -0.05) is 17.7 Å². The van der Waals surface area contributed by atoms with Crippen LogP contribution in [0.2, 0.25) is 5.02 Å². The molecule has 1 aromatic carbocycles. The van der Waals surface area contributed by atoms with Crippen LogP contribution in [-0.4, -0.2) is 25.1 Å². The molecule has 1 fully saturated rings. The zero-order valence-electron chi connectivity index (χ0n) is 9.37. The second-order valence-electron chi connectivity index (χ2n) is 4.50. The number of hydrogen-bond acceptors (Lipinski definition) is 2. The maximum Gasteiger partial charge on any atom is 0.256 e. The fourth-order valence-electron chi connectivity index (χ4n) is 2.07. The highest BCUT2D eigenvalue weighted by Crippen LogP contribution is 2.29. The number of nitrogens with zero attached hydrogens (tertiary/aromatic N) is 1. The van der Waals surface area contributed by atoms with Gasteiger partial charge in [-0.2, -0.15) is 0 Å². The topological polar surface area (TPSA) is 29.3 Å². The third-order valence-corrected chi connectivity index (χ3v) is 3.54. The molecule has 0 amide bonds. The summed E-state index contributed by atoms with van der Waals surface area (Å²) in [4.78, 5) is 2.04. The fraction of sp³-hybridized carbons (Fsp3) is 0.500. The van der Waals surface area contributed by atoms with E-state index in [0.29, 0.717) is 31.0 Å². The van der Waals surface area contributed by atoms with Gasteiger partial charge in [-0.25, -0.2) is 8.78 Å². The second kappa shape index (κ2) is 4.78. The predicted octanol–water partition coefficient (Wildman–Crippen LogP) is 2.90. The maximum atomic E-state index is 12.7. The van der Waals surface area contributed by atoms with Gasteiger partial charge in [-0.05, 0) is 31.0 Å². The first-order valence-electron chi connectivity index (χ1n) is 5.59. The average Bonchev–Trinajstić information content (AvgIpc) is 2.30. The highest BCUT2D eigenvalue weighted by molar-refractivity contribution is 6.30. The molecule has 94 valence electrons. The summed E-state index contributed by atoms with van der Waals surface area (Å²) in [6.45, 7) is 1.09. The van der Waals surface area contributed by atoms with E-state index >= 15 is 0 Å². The molecule has 1 aliphatic rings. The highest BCUT2D eigenvalue weighted by Gasteiger charge is 2.38. The fourth-order valence-corrected chi connectivity index (χ4v) is 2.26. The molecule has 17 heavy (non-hydrogen) atoms. The number of rotatable bonds is 2. The number of nitrogens with two attached hydrogens (primary N) is 1. The van der Waals surface area contributed by atoms with Crippen molar-refractivity contribution in [3.63, 3.8) is 0 Å². The van der Waals surface area contributed by atoms with Gasteiger partial charge in [-0.15, -0.1) is 0 Å². The quantitative estimate of drug-likeness (QED) is 0.886. The Morgan fingerprint density at radius 3 is 2.47 bits per heavy atom. The molecule has 0 atom stereocenters. The summed E-state index contributed by atoms with van der Waals surface area (Å²) < 4.78 is 25.5. The maximum absolute atomic E-state index is 12.7. The molecule has 0 unspecified atom stereocenters. The van der Waals surface area contributed by atoms with E-state index < -0.39 is 12.0 Å². The van der Waals surface area contributed by atoms with Crippen LogP contribution < -0.4 is 10.6 Å². The Labute approximate surface area is 104 Å². The molecule has 1 aromatic rings. The summed E-state index contributed by atoms with van der Waals surface area (Å²) in [5.74, 6) is 0. The van der Waals surface area contributed by atoms with Gasteiger partial charge in [0.1, 0.15) is 0 Å². The van der Waals surface area contributed by atoms with E-state index in [2.05, 4.69) is 0 Å². The van der Waals surface area contributed by atoms with Gasteiger partial charge in [0.25, 0.3) is 6.43 Å². The molecule has 2 rings (SSSR count). The summed E-state index contributed by atoms with van der Waals surface area (Å²) in [6, 6.07) is 7.42. The number of benzene rings is 1. The van der Waals surface area contributed by atoms with E-state index in [1.165, 1.54) is 0 Å². The standard InChI is InChI=1S/C12H15ClF2N2/c13-9-2-1-3-10(8-9)17-6-4-12(16,5-7-17)11(14)15/h1-3,8,11H,4-7,16H2. The van der Waals surface area contributed by atoms with Crippen molar-refractivity contribution in [1.29, 1.82) is 0 Å². The lowest BCUT2D eigenvalue weighted by molar-refractivity contribution is 0.0391. The Kier molecular flexibility index (Phi) is 3.54. The van der Waals surface area contributed by atoms with E-state index in [-0.39, 0.29) is 0 Å². The van der Waals surface area contributed by atoms with E-state index in [1.54, 1.807) is 6.07 Å². The minimum absolute atomic E-state index is 0.303. The Hall–Kier alpha value is -0.870. The van der Waals surface area contributed by atoms with Gasteiger partial charge in [0.05, 0.1) is 5.54 Å². The number of alkyl halides is 2. The van der Waals surface area contributed by atoms with Gasteiger partial charge in [0, 0.05) is 23.8 Å². The summed E-state index contributed by atoms with van der Waals surface area (Å²) in [5, 5.41) is 0.654. The summed E-state index contributed by atoms with van der Waals surface area (Å²) >= 11 is 5.90. The summed E-state index contributed by atoms with van der Waals surface area (Å²) in [5.41, 5.74) is 5.31. The molecule has 0 bridgehead atoms. The van der Waals surface area contributed by atoms with E-state index in [1.807, 2.05) is 23.1 Å². The van der Waals surface area contributed by atoms with Crippen LogP contribution in [0.4, 0.5) is 14.5 Å². The SMILES string of the molecule is NC1(C(F)F)CCN(c2cccc(Cl)c2)CC1. The zero-order chi connectivity index (χ0) is 12.5. The molecule has 0 aromatic heterocycles. The molecule has 0 saturated carbocycles. The highest BCUT2D eigenvalue weighted by atomic mass is 35.5. The van der Waals surface area contributed by atoms with Crippen molar-refractivity contribution in [2.45, 2.75) is 24.8 Å². The normalized spacial score (nSPS) is 19.7. The molecule has 0 radical (unpaired) electrons. The lowest BCUT2D eigenvalue weighted by Crippen LogP contribution is -2.55. The molecular formula is C12H15ClF2N2. The van der Waals surface area contributed by atoms with Crippen LogP contribution >= 0.6 is 11.6 Å². The van der Waals surface area contributed by atoms with Crippen molar-refractivity contribution < 1.29 is 8.78 Å². The number of anilines is 1. The molecular weight excluding hydrogens is 246 g/mol. The van der Waals surface area contributed by atoms with Crippen molar-refractivity contribution in [1.82, 2.24) is 0 Å². The number of hydrogen-bond donors (Lipinski definition) is 1. The van der Waals surface area contributed by atoms with E-state index in [9.17, 15) is 8.78 Å². The van der Waals surface area contributed by atoms with Crippen LogP contribution in [0.15, 0.2) is 24.3 Å². The van der Waals surface area contributed by atoms with Crippen LogP contribution in [-0.2, 0) is 0 Å². The van der Waals surface area contributed by atoms with Crippen LogP contribution in [0, 0.1) is 0 Å². The van der Waals surface area contributed by atoms with Crippen LogP contribution in [0.25, 0.3) is 0 Å². The molecule has 0 spiro atoms. The second-order valence-corrected chi connectivity index (χ2v) is 4.94. The van der Waals surface area contributed by atoms with Crippen molar-refractivity contribution in [2.24, 2.45) is 5.73 Å². The first-order chi connectivity index (χ1) is 8.01. The van der Waals surface area contributed by atoms with Crippen LogP contribution in [0.5, 0.6) is 0 Å². The molecule has 2 nitrogen and oxygen atoms in total. The van der Waals surface area contributed by atoms with Crippen molar-refractivity contribution in [3.8, 4) is 0 Å². The van der Waals surface area contributed by atoms with Crippen molar-refractivity contribution in [3.05, 3.63) is 29.3 Å². The van der Waals surface area contributed by atoms with E-state index in [0.717, 1.165) is 5.69 Å². The van der Waals surface area contributed by atoms with Gasteiger partial charge in [0.15, 0.2) is 0 Å². The van der Waals surface area contributed by atoms with Gasteiger partial charge in [0.2, 0.25) is 0 Å². The molecule has 5 heteroatoms. The largest absolute Gasteiger partial charge is 0.371 e. The third-order valence-electron chi connectivity index (χ3n) is 3.30. The first kappa shape index (κ1) is 12.6. The summed E-state index contributed by atoms with van der Waals surface area (Å²) in [7, 11) is 0. The Bertz CT molecular complexity index is 390. The minimum atomic E-state index is -2.45. The summed E-state index contributed by atoms with van der Waals surface area (Å²) in [6.07, 6.45) is -1.85. The molecule has 0 aliphatic carbocycles. The van der Waals surface area contributed by atoms with Gasteiger partial charge >= 0.3 is 0 Å². The monoisotopic (exact) mass is 260 g/mol. The van der Waals surface area contributed by atoms with Crippen LogP contribution in [0.1, 0.15) is 12.8 Å². The Morgan fingerprint density at radius 1 is 1.29 bits per heavy atom.